The molecule has 7 nitrogen and oxygen atoms in total. The van der Waals surface area contributed by atoms with Crippen molar-refractivity contribution >= 4 is 40.9 Å². The Morgan fingerprint density at radius 1 is 1.12 bits per heavy atom. The van der Waals surface area contributed by atoms with E-state index in [0.717, 1.165) is 5.56 Å². The minimum atomic E-state index is -1.05. The molecule has 0 radical (unpaired) electrons. The van der Waals surface area contributed by atoms with Gasteiger partial charge >= 0.3 is 0 Å². The van der Waals surface area contributed by atoms with E-state index >= 15 is 0 Å². The largest absolute Gasteiger partial charge is 0.482 e. The molecule has 33 heavy (non-hydrogen) atoms. The van der Waals surface area contributed by atoms with Gasteiger partial charge in [-0.2, -0.15) is 0 Å². The molecule has 3 amide bonds. The highest BCUT2D eigenvalue weighted by Crippen LogP contribution is 2.51. The number of amides is 3. The molecule has 0 unspecified atom stereocenters. The van der Waals surface area contributed by atoms with Crippen LogP contribution in [0.15, 0.2) is 60.7 Å². The summed E-state index contributed by atoms with van der Waals surface area (Å²) < 4.78 is 11.5. The zero-order valence-electron chi connectivity index (χ0n) is 17.4. The van der Waals surface area contributed by atoms with Crippen LogP contribution in [-0.4, -0.2) is 47.5 Å². The van der Waals surface area contributed by atoms with Crippen molar-refractivity contribution in [3.63, 3.8) is 0 Å². The molecule has 2 saturated heterocycles. The van der Waals surface area contributed by atoms with Crippen molar-refractivity contribution < 1.29 is 23.9 Å². The average molecular weight is 487 g/mol. The number of hydrogen-bond donors (Lipinski definition) is 1. The van der Waals surface area contributed by atoms with Crippen LogP contribution < -0.4 is 10.1 Å². The lowest BCUT2D eigenvalue weighted by molar-refractivity contribution is -0.145. The number of nitrogens with zero attached hydrogens (tertiary/aromatic N) is 1. The first-order chi connectivity index (χ1) is 15.9. The second-order valence-electron chi connectivity index (χ2n) is 8.29. The van der Waals surface area contributed by atoms with Gasteiger partial charge in [0.2, 0.25) is 11.8 Å². The van der Waals surface area contributed by atoms with Gasteiger partial charge in [-0.15, -0.1) is 0 Å². The highest BCUT2D eigenvalue weighted by Gasteiger charge is 2.67. The summed E-state index contributed by atoms with van der Waals surface area (Å²) in [5.74, 6) is -1.84. The van der Waals surface area contributed by atoms with E-state index in [1.165, 1.54) is 11.0 Å². The van der Waals surface area contributed by atoms with E-state index in [0.29, 0.717) is 15.8 Å². The van der Waals surface area contributed by atoms with Crippen LogP contribution in [0.2, 0.25) is 10.0 Å². The first-order valence-electron chi connectivity index (χ1n) is 10.5. The molecular formula is C24H20Cl2N2O5. The van der Waals surface area contributed by atoms with Crippen molar-refractivity contribution in [2.24, 2.45) is 11.8 Å². The Morgan fingerprint density at radius 2 is 1.91 bits per heavy atom. The zero-order valence-corrected chi connectivity index (χ0v) is 18.9. The number of rotatable bonds is 7. The van der Waals surface area contributed by atoms with Crippen LogP contribution in [0.1, 0.15) is 5.56 Å². The summed E-state index contributed by atoms with van der Waals surface area (Å²) in [7, 11) is 0. The van der Waals surface area contributed by atoms with Crippen molar-refractivity contribution in [1.29, 1.82) is 0 Å². The van der Waals surface area contributed by atoms with Gasteiger partial charge in [-0.3, -0.25) is 19.3 Å². The van der Waals surface area contributed by atoms with Gasteiger partial charge in [0.1, 0.15) is 11.4 Å². The summed E-state index contributed by atoms with van der Waals surface area (Å²) in [4.78, 5) is 40.0. The van der Waals surface area contributed by atoms with Crippen LogP contribution in [-0.2, 0) is 25.7 Å². The molecule has 2 aromatic rings. The molecule has 0 spiro atoms. The number of likely N-dealkylation sites (tertiary alicyclic amines) is 1. The molecule has 4 atom stereocenters. The fraction of sp³-hybridized carbons (Fsp3) is 0.292. The Kier molecular flexibility index (Phi) is 5.64. The number of fused-ring (bicyclic) bond motifs is 5. The highest BCUT2D eigenvalue weighted by molar-refractivity contribution is 6.35. The predicted molar refractivity (Wildman–Crippen MR) is 121 cm³/mol. The molecule has 1 N–H and O–H groups in total. The molecule has 2 bridgehead atoms. The predicted octanol–water partition coefficient (Wildman–Crippen LogP) is 3.00. The first-order valence-corrected chi connectivity index (χ1v) is 11.2. The third-order valence-electron chi connectivity index (χ3n) is 6.24. The number of halogens is 2. The van der Waals surface area contributed by atoms with Crippen LogP contribution in [0.25, 0.3) is 0 Å². The van der Waals surface area contributed by atoms with Crippen molar-refractivity contribution in [1.82, 2.24) is 10.2 Å². The number of hydrogen-bond acceptors (Lipinski definition) is 5. The van der Waals surface area contributed by atoms with Gasteiger partial charge in [0.05, 0.1) is 36.1 Å². The SMILES string of the molecule is O=C(COc1ccc(Cl)cc1Cl)NC[C@@]12C=C[C@@H](O1)[C@H]1C(=O)N(Cc3ccccc3)C(=O)[C@H]12. The van der Waals surface area contributed by atoms with Gasteiger partial charge < -0.3 is 14.8 Å². The third kappa shape index (κ3) is 3.90. The van der Waals surface area contributed by atoms with Crippen LogP contribution in [0, 0.1) is 11.8 Å². The Balaban J connectivity index is 1.24. The highest BCUT2D eigenvalue weighted by atomic mass is 35.5. The third-order valence-corrected chi connectivity index (χ3v) is 6.77. The molecular weight excluding hydrogens is 467 g/mol. The summed E-state index contributed by atoms with van der Waals surface area (Å²) in [6.07, 6.45) is 3.11. The zero-order chi connectivity index (χ0) is 23.2. The van der Waals surface area contributed by atoms with Crippen molar-refractivity contribution in [3.05, 3.63) is 76.3 Å². The quantitative estimate of drug-likeness (QED) is 0.480. The average Bonchev–Trinajstić information content (AvgIpc) is 3.44. The number of benzene rings is 2. The molecule has 3 aliphatic rings. The van der Waals surface area contributed by atoms with Crippen LogP contribution >= 0.6 is 23.2 Å². The molecule has 3 heterocycles. The number of carbonyl (C=O) groups is 3. The van der Waals surface area contributed by atoms with E-state index in [-0.39, 0.29) is 31.5 Å². The topological polar surface area (TPSA) is 84.9 Å². The van der Waals surface area contributed by atoms with Gasteiger partial charge in [0.25, 0.3) is 5.91 Å². The van der Waals surface area contributed by atoms with E-state index in [9.17, 15) is 14.4 Å². The Morgan fingerprint density at radius 3 is 2.67 bits per heavy atom. The fourth-order valence-electron chi connectivity index (χ4n) is 4.71. The van der Waals surface area contributed by atoms with Crippen molar-refractivity contribution in [2.75, 3.05) is 13.2 Å². The standard InChI is InChI=1S/C24H20Cl2N2O5/c25-15-6-7-17(16(26)10-15)32-12-19(29)27-13-24-9-8-18(33-24)20-21(24)23(31)28(22(20)30)11-14-4-2-1-3-5-14/h1-10,18,20-21H,11-13H2,(H,27,29)/t18-,20-,21+,24-/m1/s1. The molecule has 0 aromatic heterocycles. The van der Waals surface area contributed by atoms with Crippen molar-refractivity contribution in [2.45, 2.75) is 18.2 Å². The maximum Gasteiger partial charge on any atom is 0.258 e. The van der Waals surface area contributed by atoms with Gasteiger partial charge in [0, 0.05) is 5.02 Å². The monoisotopic (exact) mass is 486 g/mol. The minimum absolute atomic E-state index is 0.0515. The smallest absolute Gasteiger partial charge is 0.258 e. The van der Waals surface area contributed by atoms with Crippen molar-refractivity contribution in [3.8, 4) is 5.75 Å². The molecule has 2 fully saturated rings. The van der Waals surface area contributed by atoms with Gasteiger partial charge in [0.15, 0.2) is 6.61 Å². The summed E-state index contributed by atoms with van der Waals surface area (Å²) >= 11 is 11.9. The maximum absolute atomic E-state index is 13.2. The van der Waals surface area contributed by atoms with Gasteiger partial charge in [-0.25, -0.2) is 0 Å². The Hall–Kier alpha value is -2.87. The Bertz CT molecular complexity index is 1150. The van der Waals surface area contributed by atoms with Crippen LogP contribution in [0.4, 0.5) is 0 Å². The summed E-state index contributed by atoms with van der Waals surface area (Å²) in [6.45, 7) is -0.00204. The van der Waals surface area contributed by atoms with Gasteiger partial charge in [-0.05, 0) is 23.8 Å². The van der Waals surface area contributed by atoms with E-state index in [1.807, 2.05) is 30.3 Å². The lowest BCUT2D eigenvalue weighted by atomic mass is 9.77. The molecule has 0 saturated carbocycles. The summed E-state index contributed by atoms with van der Waals surface area (Å²) in [5, 5.41) is 3.52. The minimum Gasteiger partial charge on any atom is -0.482 e. The second kappa shape index (κ2) is 8.48. The number of nitrogens with one attached hydrogen (secondary N) is 1. The van der Waals surface area contributed by atoms with E-state index in [4.69, 9.17) is 32.7 Å². The number of ether oxygens (including phenoxy) is 2. The lowest BCUT2D eigenvalue weighted by Crippen LogP contribution is -2.49. The normalized spacial score (nSPS) is 27.2. The van der Waals surface area contributed by atoms with E-state index in [2.05, 4.69) is 5.32 Å². The lowest BCUT2D eigenvalue weighted by Gasteiger charge is -2.29. The fourth-order valence-corrected chi connectivity index (χ4v) is 5.17. The molecule has 9 heteroatoms. The van der Waals surface area contributed by atoms with E-state index < -0.39 is 29.4 Å². The first kappa shape index (κ1) is 21.9. The van der Waals surface area contributed by atoms with E-state index in [1.54, 1.807) is 24.3 Å². The Labute approximate surface area is 200 Å². The second-order valence-corrected chi connectivity index (χ2v) is 9.13. The molecule has 0 aliphatic carbocycles. The van der Waals surface area contributed by atoms with Crippen LogP contribution in [0.3, 0.4) is 0 Å². The molecule has 2 aromatic carbocycles. The molecule has 3 aliphatic heterocycles. The molecule has 170 valence electrons. The summed E-state index contributed by atoms with van der Waals surface area (Å²) in [6, 6.07) is 14.1. The van der Waals surface area contributed by atoms with Gasteiger partial charge in [-0.1, -0.05) is 65.7 Å². The number of imide groups is 1. The maximum atomic E-state index is 13.2. The molecule has 5 rings (SSSR count). The van der Waals surface area contributed by atoms with Crippen LogP contribution in [0.5, 0.6) is 5.75 Å². The number of carbonyl (C=O) groups excluding carboxylic acids is 3. The summed E-state index contributed by atoms with van der Waals surface area (Å²) in [5.41, 5.74) is -0.179.